The zero-order valence-corrected chi connectivity index (χ0v) is 9.42. The van der Waals surface area contributed by atoms with Gasteiger partial charge in [-0.15, -0.1) is 11.3 Å². The first-order valence-electron chi connectivity index (χ1n) is 5.45. The van der Waals surface area contributed by atoms with Crippen molar-refractivity contribution < 1.29 is 4.74 Å². The van der Waals surface area contributed by atoms with Crippen molar-refractivity contribution in [2.45, 2.75) is 12.5 Å². The van der Waals surface area contributed by atoms with Gasteiger partial charge in [0.05, 0.1) is 13.2 Å². The van der Waals surface area contributed by atoms with Crippen molar-refractivity contribution >= 4 is 16.5 Å². The smallest absolute Gasteiger partial charge is 0.185 e. The van der Waals surface area contributed by atoms with E-state index in [1.54, 1.807) is 0 Å². The normalized spacial score (nSPS) is 26.4. The number of thiazole rings is 1. The van der Waals surface area contributed by atoms with E-state index in [1.807, 2.05) is 17.5 Å². The zero-order chi connectivity index (χ0) is 10.1. The summed E-state index contributed by atoms with van der Waals surface area (Å²) in [6.45, 7) is 4.76. The molecular formula is C10H15N3OS. The van der Waals surface area contributed by atoms with Gasteiger partial charge >= 0.3 is 0 Å². The molecule has 4 nitrogen and oxygen atoms in total. The van der Waals surface area contributed by atoms with Gasteiger partial charge in [0.25, 0.3) is 0 Å². The molecule has 1 atom stereocenters. The van der Waals surface area contributed by atoms with Crippen molar-refractivity contribution in [1.82, 2.24) is 10.3 Å². The molecule has 2 aliphatic rings. The maximum absolute atomic E-state index is 5.33. The number of nitrogens with zero attached hydrogens (tertiary/aromatic N) is 2. The van der Waals surface area contributed by atoms with Crippen molar-refractivity contribution in [3.05, 3.63) is 11.1 Å². The summed E-state index contributed by atoms with van der Waals surface area (Å²) in [6.07, 6.45) is 3.27. The molecule has 0 radical (unpaired) electrons. The molecule has 3 rings (SSSR count). The van der Waals surface area contributed by atoms with Crippen molar-refractivity contribution in [2.24, 2.45) is 0 Å². The SMILES string of the molecule is c1nc(N2CCOCC2)sc1C1CCN1. The van der Waals surface area contributed by atoms with Gasteiger partial charge in [0.15, 0.2) is 5.13 Å². The predicted octanol–water partition coefficient (Wildman–Crippen LogP) is 1.01. The highest BCUT2D eigenvalue weighted by Crippen LogP contribution is 2.31. The van der Waals surface area contributed by atoms with Gasteiger partial charge in [-0.3, -0.25) is 0 Å². The first-order valence-corrected chi connectivity index (χ1v) is 6.27. The van der Waals surface area contributed by atoms with Crippen LogP contribution in [0, 0.1) is 0 Å². The number of nitrogens with one attached hydrogen (secondary N) is 1. The quantitative estimate of drug-likeness (QED) is 0.815. The molecule has 0 saturated carbocycles. The van der Waals surface area contributed by atoms with E-state index in [0.29, 0.717) is 6.04 Å². The van der Waals surface area contributed by atoms with Crippen LogP contribution in [0.2, 0.25) is 0 Å². The minimum Gasteiger partial charge on any atom is -0.378 e. The number of rotatable bonds is 2. The van der Waals surface area contributed by atoms with Crippen LogP contribution >= 0.6 is 11.3 Å². The molecule has 2 aliphatic heterocycles. The average molecular weight is 225 g/mol. The topological polar surface area (TPSA) is 37.4 Å². The first kappa shape index (κ1) is 9.57. The minimum atomic E-state index is 0.567. The Hall–Kier alpha value is -0.650. The molecule has 0 amide bonds. The maximum Gasteiger partial charge on any atom is 0.185 e. The van der Waals surface area contributed by atoms with E-state index in [2.05, 4.69) is 15.2 Å². The van der Waals surface area contributed by atoms with Gasteiger partial charge in [-0.1, -0.05) is 0 Å². The second-order valence-corrected chi connectivity index (χ2v) is 4.98. The highest BCUT2D eigenvalue weighted by Gasteiger charge is 2.22. The summed E-state index contributed by atoms with van der Waals surface area (Å²) in [6, 6.07) is 0.567. The Morgan fingerprint density at radius 2 is 2.27 bits per heavy atom. The summed E-state index contributed by atoms with van der Waals surface area (Å²) in [5.41, 5.74) is 0. The van der Waals surface area contributed by atoms with Crippen molar-refractivity contribution in [3.8, 4) is 0 Å². The monoisotopic (exact) mass is 225 g/mol. The first-order chi connectivity index (χ1) is 7.43. The Labute approximate surface area is 93.3 Å². The second kappa shape index (κ2) is 4.08. The molecule has 1 N–H and O–H groups in total. The molecule has 2 saturated heterocycles. The molecule has 0 aliphatic carbocycles. The van der Waals surface area contributed by atoms with E-state index in [1.165, 1.54) is 11.3 Å². The van der Waals surface area contributed by atoms with Gasteiger partial charge < -0.3 is 15.0 Å². The van der Waals surface area contributed by atoms with Crippen molar-refractivity contribution in [2.75, 3.05) is 37.7 Å². The fraction of sp³-hybridized carbons (Fsp3) is 0.700. The summed E-state index contributed by atoms with van der Waals surface area (Å²) in [4.78, 5) is 8.19. The lowest BCUT2D eigenvalue weighted by atomic mass is 10.1. The minimum absolute atomic E-state index is 0.567. The predicted molar refractivity (Wildman–Crippen MR) is 60.5 cm³/mol. The van der Waals surface area contributed by atoms with Gasteiger partial charge in [-0.2, -0.15) is 0 Å². The third kappa shape index (κ3) is 1.87. The Kier molecular flexibility index (Phi) is 2.60. The van der Waals surface area contributed by atoms with Crippen LogP contribution in [-0.2, 0) is 4.74 Å². The molecule has 2 fully saturated rings. The fourth-order valence-electron chi connectivity index (χ4n) is 1.87. The lowest BCUT2D eigenvalue weighted by Crippen LogP contribution is -2.36. The fourth-order valence-corrected chi connectivity index (χ4v) is 2.95. The summed E-state index contributed by atoms with van der Waals surface area (Å²) in [7, 11) is 0. The lowest BCUT2D eigenvalue weighted by Gasteiger charge is -2.27. The molecule has 0 bridgehead atoms. The molecule has 0 aromatic carbocycles. The average Bonchev–Trinajstić information content (AvgIpc) is 2.66. The van der Waals surface area contributed by atoms with E-state index < -0.39 is 0 Å². The van der Waals surface area contributed by atoms with Crippen LogP contribution < -0.4 is 10.2 Å². The Morgan fingerprint density at radius 1 is 1.47 bits per heavy atom. The van der Waals surface area contributed by atoms with Crippen molar-refractivity contribution in [1.29, 1.82) is 0 Å². The highest BCUT2D eigenvalue weighted by atomic mass is 32.1. The van der Waals surface area contributed by atoms with E-state index in [9.17, 15) is 0 Å². The van der Waals surface area contributed by atoms with Gasteiger partial charge in [-0.05, 0) is 13.0 Å². The number of ether oxygens (including phenoxy) is 1. The molecule has 0 spiro atoms. The standard InChI is InChI=1S/C10H15N3OS/c1-2-11-8(1)9-7-12-10(15-9)13-3-5-14-6-4-13/h7-8,11H,1-6H2. The number of morpholine rings is 1. The Bertz CT molecular complexity index is 331. The van der Waals surface area contributed by atoms with Gasteiger partial charge in [-0.25, -0.2) is 4.98 Å². The second-order valence-electron chi connectivity index (χ2n) is 3.94. The van der Waals surface area contributed by atoms with Crippen LogP contribution in [0.5, 0.6) is 0 Å². The van der Waals surface area contributed by atoms with Crippen molar-refractivity contribution in [3.63, 3.8) is 0 Å². The van der Waals surface area contributed by atoms with E-state index in [0.717, 1.165) is 38.0 Å². The number of anilines is 1. The van der Waals surface area contributed by atoms with Gasteiger partial charge in [0.2, 0.25) is 0 Å². The van der Waals surface area contributed by atoms with Crippen LogP contribution in [0.25, 0.3) is 0 Å². The van der Waals surface area contributed by atoms with E-state index in [-0.39, 0.29) is 0 Å². The van der Waals surface area contributed by atoms with Crippen LogP contribution in [0.1, 0.15) is 17.3 Å². The molecular weight excluding hydrogens is 210 g/mol. The van der Waals surface area contributed by atoms with Crippen LogP contribution in [0.3, 0.4) is 0 Å². The summed E-state index contributed by atoms with van der Waals surface area (Å²) in [5, 5.41) is 4.56. The zero-order valence-electron chi connectivity index (χ0n) is 8.61. The summed E-state index contributed by atoms with van der Waals surface area (Å²) < 4.78 is 5.33. The molecule has 15 heavy (non-hydrogen) atoms. The van der Waals surface area contributed by atoms with Crippen LogP contribution in [0.4, 0.5) is 5.13 Å². The van der Waals surface area contributed by atoms with E-state index >= 15 is 0 Å². The van der Waals surface area contributed by atoms with E-state index in [4.69, 9.17) is 4.74 Å². The van der Waals surface area contributed by atoms with Gasteiger partial charge in [0.1, 0.15) is 0 Å². The number of hydrogen-bond donors (Lipinski definition) is 1. The number of hydrogen-bond acceptors (Lipinski definition) is 5. The van der Waals surface area contributed by atoms with Crippen LogP contribution in [-0.4, -0.2) is 37.8 Å². The molecule has 1 aromatic rings. The highest BCUT2D eigenvalue weighted by molar-refractivity contribution is 7.15. The Morgan fingerprint density at radius 3 is 2.93 bits per heavy atom. The largest absolute Gasteiger partial charge is 0.378 e. The van der Waals surface area contributed by atoms with Gasteiger partial charge in [0, 0.05) is 30.2 Å². The molecule has 5 heteroatoms. The third-order valence-corrected chi connectivity index (χ3v) is 4.13. The lowest BCUT2D eigenvalue weighted by molar-refractivity contribution is 0.122. The molecule has 1 aromatic heterocycles. The summed E-state index contributed by atoms with van der Waals surface area (Å²) >= 11 is 1.82. The van der Waals surface area contributed by atoms with Crippen LogP contribution in [0.15, 0.2) is 6.20 Å². The molecule has 82 valence electrons. The third-order valence-electron chi connectivity index (χ3n) is 2.96. The maximum atomic E-state index is 5.33. The number of aromatic nitrogens is 1. The Balaban J connectivity index is 1.71. The molecule has 1 unspecified atom stereocenters. The molecule has 3 heterocycles. The summed E-state index contributed by atoms with van der Waals surface area (Å²) in [5.74, 6) is 0.